The second kappa shape index (κ2) is 5.17. The first kappa shape index (κ1) is 14.4. The fourth-order valence-corrected chi connectivity index (χ4v) is 3.56. The Hall–Kier alpha value is -3.20. The van der Waals surface area contributed by atoms with Crippen molar-refractivity contribution in [3.05, 3.63) is 55.2 Å². The average Bonchev–Trinajstić information content (AvgIpc) is 3.21. The van der Waals surface area contributed by atoms with E-state index in [1.54, 1.807) is 18.5 Å². The first-order chi connectivity index (χ1) is 11.6. The van der Waals surface area contributed by atoms with E-state index in [4.69, 9.17) is 0 Å². The predicted molar refractivity (Wildman–Crippen MR) is 85.8 cm³/mol. The number of aromatic amines is 1. The van der Waals surface area contributed by atoms with Crippen LogP contribution < -0.4 is 0 Å². The van der Waals surface area contributed by atoms with E-state index in [-0.39, 0.29) is 10.6 Å². The lowest BCUT2D eigenvalue weighted by Crippen LogP contribution is -2.13. The smallest absolute Gasteiger partial charge is 0.283 e. The monoisotopic (exact) mass is 341 g/mol. The maximum absolute atomic E-state index is 12.6. The second-order valence-corrected chi connectivity index (χ2v) is 6.86. The molecule has 4 aromatic rings. The molecular formula is C15H11N5O3S. The number of nitrogens with zero attached hydrogens (tertiary/aromatic N) is 4. The zero-order chi connectivity index (χ0) is 16.7. The van der Waals surface area contributed by atoms with Crippen molar-refractivity contribution in [2.45, 2.75) is 4.90 Å². The molecule has 0 saturated heterocycles. The van der Waals surface area contributed by atoms with Gasteiger partial charge < -0.3 is 10.1 Å². The largest absolute Gasteiger partial charge is 0.508 e. The molecule has 0 atom stereocenters. The lowest BCUT2D eigenvalue weighted by Gasteiger charge is -2.04. The number of phenols is 1. The summed E-state index contributed by atoms with van der Waals surface area (Å²) in [5.41, 5.74) is 1.82. The summed E-state index contributed by atoms with van der Waals surface area (Å²) in [6.07, 6.45) is 6.12. The average molecular weight is 341 g/mol. The highest BCUT2D eigenvalue weighted by atomic mass is 32.2. The van der Waals surface area contributed by atoms with Gasteiger partial charge in [0.05, 0.1) is 10.6 Å². The third-order valence-electron chi connectivity index (χ3n) is 3.56. The van der Waals surface area contributed by atoms with E-state index in [0.29, 0.717) is 16.9 Å². The highest BCUT2D eigenvalue weighted by Crippen LogP contribution is 2.26. The maximum Gasteiger partial charge on any atom is 0.283 e. The van der Waals surface area contributed by atoms with Crippen molar-refractivity contribution < 1.29 is 13.5 Å². The van der Waals surface area contributed by atoms with Crippen molar-refractivity contribution in [3.63, 3.8) is 0 Å². The zero-order valence-electron chi connectivity index (χ0n) is 12.2. The summed E-state index contributed by atoms with van der Waals surface area (Å²) in [7, 11) is -3.88. The van der Waals surface area contributed by atoms with Crippen LogP contribution in [0, 0.1) is 0 Å². The van der Waals surface area contributed by atoms with Gasteiger partial charge in [-0.15, -0.1) is 0 Å². The number of fused-ring (bicyclic) bond motifs is 1. The van der Waals surface area contributed by atoms with E-state index in [0.717, 1.165) is 9.47 Å². The standard InChI is InChI=1S/C15H11N5O3S/c21-10-2-1-3-11(6-10)24(22,23)20-5-4-14(19-20)12-8-17-15-13(12)7-16-9-18-15/h1-9,21H,(H,16,17,18). The van der Waals surface area contributed by atoms with Crippen LogP contribution in [0.25, 0.3) is 22.3 Å². The molecule has 2 N–H and O–H groups in total. The van der Waals surface area contributed by atoms with Crippen LogP contribution >= 0.6 is 0 Å². The number of aromatic nitrogens is 5. The van der Waals surface area contributed by atoms with Gasteiger partial charge >= 0.3 is 0 Å². The Kier molecular flexibility index (Phi) is 3.10. The van der Waals surface area contributed by atoms with Gasteiger partial charge in [0.1, 0.15) is 17.7 Å². The third-order valence-corrected chi connectivity index (χ3v) is 5.11. The van der Waals surface area contributed by atoms with Gasteiger partial charge in [0.2, 0.25) is 0 Å². The molecule has 0 unspecified atom stereocenters. The van der Waals surface area contributed by atoms with Crippen molar-refractivity contribution in [3.8, 4) is 17.0 Å². The zero-order valence-corrected chi connectivity index (χ0v) is 13.0. The van der Waals surface area contributed by atoms with E-state index in [1.165, 1.54) is 36.8 Å². The Labute approximate surface area is 136 Å². The summed E-state index contributed by atoms with van der Waals surface area (Å²) in [4.78, 5) is 11.0. The number of rotatable bonds is 3. The Morgan fingerprint density at radius 1 is 1.21 bits per heavy atom. The Balaban J connectivity index is 1.80. The van der Waals surface area contributed by atoms with Crippen molar-refractivity contribution in [1.29, 1.82) is 0 Å². The number of hydrogen-bond donors (Lipinski definition) is 2. The van der Waals surface area contributed by atoms with Gasteiger partial charge in [0.15, 0.2) is 0 Å². The minimum absolute atomic E-state index is 0.0422. The summed E-state index contributed by atoms with van der Waals surface area (Å²) in [6, 6.07) is 7.03. The molecule has 0 bridgehead atoms. The topological polar surface area (TPSA) is 114 Å². The molecule has 0 aliphatic heterocycles. The van der Waals surface area contributed by atoms with Gasteiger partial charge in [-0.25, -0.2) is 9.97 Å². The normalized spacial score (nSPS) is 11.8. The Bertz CT molecular complexity index is 1150. The minimum atomic E-state index is -3.88. The number of phenolic OH excluding ortho intramolecular Hbond substituents is 1. The highest BCUT2D eigenvalue weighted by molar-refractivity contribution is 7.89. The van der Waals surface area contributed by atoms with Gasteiger partial charge in [-0.1, -0.05) is 6.07 Å². The molecule has 1 aromatic carbocycles. The van der Waals surface area contributed by atoms with Gasteiger partial charge in [0, 0.05) is 35.6 Å². The summed E-state index contributed by atoms with van der Waals surface area (Å²) >= 11 is 0. The van der Waals surface area contributed by atoms with Crippen LogP contribution in [-0.2, 0) is 10.0 Å². The van der Waals surface area contributed by atoms with Crippen LogP contribution in [0.5, 0.6) is 5.75 Å². The highest BCUT2D eigenvalue weighted by Gasteiger charge is 2.20. The fraction of sp³-hybridized carbons (Fsp3) is 0. The molecule has 0 radical (unpaired) electrons. The minimum Gasteiger partial charge on any atom is -0.508 e. The van der Waals surface area contributed by atoms with E-state index in [1.807, 2.05) is 0 Å². The van der Waals surface area contributed by atoms with Crippen molar-refractivity contribution in [1.82, 2.24) is 24.1 Å². The number of aromatic hydroxyl groups is 1. The molecule has 0 aliphatic rings. The first-order valence-corrected chi connectivity index (χ1v) is 8.37. The molecule has 3 heterocycles. The molecular weight excluding hydrogens is 330 g/mol. The van der Waals surface area contributed by atoms with Gasteiger partial charge in [-0.2, -0.15) is 17.6 Å². The summed E-state index contributed by atoms with van der Waals surface area (Å²) < 4.78 is 26.1. The molecule has 9 heteroatoms. The molecule has 0 amide bonds. The van der Waals surface area contributed by atoms with Crippen LogP contribution in [-0.4, -0.2) is 37.7 Å². The molecule has 4 rings (SSSR count). The van der Waals surface area contributed by atoms with E-state index < -0.39 is 10.0 Å². The van der Waals surface area contributed by atoms with Crippen molar-refractivity contribution >= 4 is 21.1 Å². The van der Waals surface area contributed by atoms with Gasteiger partial charge in [-0.3, -0.25) is 0 Å². The molecule has 0 spiro atoms. The summed E-state index contributed by atoms with van der Waals surface area (Å²) in [5.74, 6) is -0.128. The summed E-state index contributed by atoms with van der Waals surface area (Å²) in [6.45, 7) is 0. The first-order valence-electron chi connectivity index (χ1n) is 6.93. The lowest BCUT2D eigenvalue weighted by atomic mass is 10.2. The molecule has 120 valence electrons. The molecule has 8 nitrogen and oxygen atoms in total. The number of hydrogen-bond acceptors (Lipinski definition) is 6. The van der Waals surface area contributed by atoms with Crippen molar-refractivity contribution in [2.75, 3.05) is 0 Å². The predicted octanol–water partition coefficient (Wildman–Crippen LogP) is 1.76. The SMILES string of the molecule is O=S(=O)(c1cccc(O)c1)n1ccc(-c2c[nH]c3ncncc23)n1. The van der Waals surface area contributed by atoms with E-state index in [2.05, 4.69) is 20.1 Å². The number of benzene rings is 1. The van der Waals surface area contributed by atoms with Gasteiger partial charge in [0.25, 0.3) is 10.0 Å². The number of nitrogens with one attached hydrogen (secondary N) is 1. The van der Waals surface area contributed by atoms with Gasteiger partial charge in [-0.05, 0) is 18.2 Å². The van der Waals surface area contributed by atoms with Crippen molar-refractivity contribution in [2.24, 2.45) is 0 Å². The second-order valence-electron chi connectivity index (χ2n) is 5.06. The van der Waals surface area contributed by atoms with E-state index >= 15 is 0 Å². The Morgan fingerprint density at radius 2 is 2.08 bits per heavy atom. The summed E-state index contributed by atoms with van der Waals surface area (Å²) in [5, 5.41) is 14.4. The molecule has 0 aliphatic carbocycles. The van der Waals surface area contributed by atoms with Crippen LogP contribution in [0.3, 0.4) is 0 Å². The quantitative estimate of drug-likeness (QED) is 0.587. The number of H-pyrrole nitrogens is 1. The molecule has 24 heavy (non-hydrogen) atoms. The molecule has 3 aromatic heterocycles. The van der Waals surface area contributed by atoms with Crippen LogP contribution in [0.1, 0.15) is 0 Å². The molecule has 0 fully saturated rings. The van der Waals surface area contributed by atoms with Crippen LogP contribution in [0.15, 0.2) is 60.1 Å². The van der Waals surface area contributed by atoms with Crippen LogP contribution in [0.2, 0.25) is 0 Å². The van der Waals surface area contributed by atoms with Crippen LogP contribution in [0.4, 0.5) is 0 Å². The third kappa shape index (κ3) is 2.22. The lowest BCUT2D eigenvalue weighted by molar-refractivity contribution is 0.473. The Morgan fingerprint density at radius 3 is 2.92 bits per heavy atom. The fourth-order valence-electron chi connectivity index (χ4n) is 2.41. The van der Waals surface area contributed by atoms with E-state index in [9.17, 15) is 13.5 Å². The maximum atomic E-state index is 12.6. The molecule has 0 saturated carbocycles.